The van der Waals surface area contributed by atoms with E-state index in [1.165, 1.54) is 12.2 Å². The van der Waals surface area contributed by atoms with Crippen molar-refractivity contribution in [2.45, 2.75) is 6.92 Å². The van der Waals surface area contributed by atoms with Crippen molar-refractivity contribution < 1.29 is 9.53 Å². The standard InChI is InChI=1S/C10H11NO2/c1-3-5-6-9(8-11)10(12)13-7-4-2/h3-6H,2,7H2,1H3/b5-3+,9-6+. The van der Waals surface area contributed by atoms with Crippen molar-refractivity contribution in [3.63, 3.8) is 0 Å². The lowest BCUT2D eigenvalue weighted by molar-refractivity contribution is -0.137. The fourth-order valence-electron chi connectivity index (χ4n) is 0.556. The SMILES string of the molecule is C=CCOC(=O)/C(C#N)=C/C=C/C. The van der Waals surface area contributed by atoms with Crippen molar-refractivity contribution in [3.05, 3.63) is 36.5 Å². The van der Waals surface area contributed by atoms with E-state index in [2.05, 4.69) is 11.3 Å². The summed E-state index contributed by atoms with van der Waals surface area (Å²) in [6.07, 6.45) is 6.18. The van der Waals surface area contributed by atoms with Crippen molar-refractivity contribution in [2.75, 3.05) is 6.61 Å². The van der Waals surface area contributed by atoms with E-state index in [1.807, 2.05) is 0 Å². The summed E-state index contributed by atoms with van der Waals surface area (Å²) in [6.45, 7) is 5.30. The van der Waals surface area contributed by atoms with Crippen LogP contribution < -0.4 is 0 Å². The first-order valence-electron chi connectivity index (χ1n) is 3.77. The summed E-state index contributed by atoms with van der Waals surface area (Å²) < 4.78 is 4.66. The first kappa shape index (κ1) is 11.2. The number of esters is 1. The summed E-state index contributed by atoms with van der Waals surface area (Å²) in [7, 11) is 0. The van der Waals surface area contributed by atoms with Gasteiger partial charge in [0.1, 0.15) is 18.2 Å². The molecule has 3 heteroatoms. The number of allylic oxidation sites excluding steroid dienone is 3. The van der Waals surface area contributed by atoms with Crippen LogP contribution in [0.15, 0.2) is 36.5 Å². The van der Waals surface area contributed by atoms with Gasteiger partial charge in [-0.2, -0.15) is 5.26 Å². The topological polar surface area (TPSA) is 50.1 Å². The van der Waals surface area contributed by atoms with Crippen LogP contribution in [0.4, 0.5) is 0 Å². The summed E-state index contributed by atoms with van der Waals surface area (Å²) in [6, 6.07) is 1.75. The number of hydrogen-bond donors (Lipinski definition) is 0. The Morgan fingerprint density at radius 2 is 2.38 bits per heavy atom. The lowest BCUT2D eigenvalue weighted by atomic mass is 10.2. The number of nitriles is 1. The van der Waals surface area contributed by atoms with Crippen molar-refractivity contribution in [2.24, 2.45) is 0 Å². The predicted octanol–water partition coefficient (Wildman–Crippen LogP) is 1.74. The van der Waals surface area contributed by atoms with Gasteiger partial charge in [-0.05, 0) is 13.0 Å². The molecule has 0 radical (unpaired) electrons. The number of rotatable bonds is 4. The Kier molecular flexibility index (Phi) is 5.90. The Morgan fingerprint density at radius 1 is 1.69 bits per heavy atom. The number of carbonyl (C=O) groups excluding carboxylic acids is 1. The molecule has 0 aromatic carbocycles. The average Bonchev–Trinajstić information content (AvgIpc) is 2.16. The van der Waals surface area contributed by atoms with E-state index in [9.17, 15) is 4.79 Å². The second kappa shape index (κ2) is 6.86. The van der Waals surface area contributed by atoms with Gasteiger partial charge in [-0.3, -0.25) is 0 Å². The van der Waals surface area contributed by atoms with Gasteiger partial charge in [-0.1, -0.05) is 24.8 Å². The van der Waals surface area contributed by atoms with Gasteiger partial charge in [0.05, 0.1) is 0 Å². The summed E-state index contributed by atoms with van der Waals surface area (Å²) in [5.74, 6) is -0.625. The molecule has 0 aromatic rings. The van der Waals surface area contributed by atoms with Crippen LogP contribution in [-0.2, 0) is 9.53 Å². The Hall–Kier alpha value is -1.82. The molecule has 0 atom stereocenters. The van der Waals surface area contributed by atoms with E-state index in [0.29, 0.717) is 0 Å². The van der Waals surface area contributed by atoms with Gasteiger partial charge in [0.15, 0.2) is 0 Å². The molecule has 0 aliphatic carbocycles. The van der Waals surface area contributed by atoms with E-state index in [1.54, 1.807) is 25.1 Å². The van der Waals surface area contributed by atoms with Crippen LogP contribution in [0, 0.1) is 11.3 Å². The number of ether oxygens (including phenoxy) is 1. The predicted molar refractivity (Wildman–Crippen MR) is 49.7 cm³/mol. The molecule has 0 aromatic heterocycles. The highest BCUT2D eigenvalue weighted by Gasteiger charge is 2.07. The normalized spacial score (nSPS) is 10.9. The molecule has 13 heavy (non-hydrogen) atoms. The van der Waals surface area contributed by atoms with Gasteiger partial charge in [-0.25, -0.2) is 4.79 Å². The average molecular weight is 177 g/mol. The second-order valence-corrected chi connectivity index (χ2v) is 2.11. The third-order valence-corrected chi connectivity index (χ3v) is 1.13. The molecule has 0 fully saturated rings. The minimum absolute atomic E-state index is 0.0139. The number of hydrogen-bond acceptors (Lipinski definition) is 3. The summed E-state index contributed by atoms with van der Waals surface area (Å²) >= 11 is 0. The zero-order valence-corrected chi connectivity index (χ0v) is 7.49. The van der Waals surface area contributed by atoms with Crippen LogP contribution in [0.25, 0.3) is 0 Å². The molecule has 0 spiro atoms. The molecule has 0 aliphatic rings. The molecular weight excluding hydrogens is 166 g/mol. The minimum Gasteiger partial charge on any atom is -0.457 e. The summed E-state index contributed by atoms with van der Waals surface area (Å²) in [4.78, 5) is 11.0. The smallest absolute Gasteiger partial charge is 0.349 e. The zero-order chi connectivity index (χ0) is 10.1. The first-order chi connectivity index (χ1) is 6.26. The molecule has 68 valence electrons. The zero-order valence-electron chi connectivity index (χ0n) is 7.49. The molecule has 0 saturated heterocycles. The van der Waals surface area contributed by atoms with Gasteiger partial charge in [0.25, 0.3) is 0 Å². The quantitative estimate of drug-likeness (QED) is 0.216. The Labute approximate surface area is 77.6 Å². The van der Waals surface area contributed by atoms with Crippen molar-refractivity contribution >= 4 is 5.97 Å². The number of carbonyl (C=O) groups is 1. The Bertz CT molecular complexity index is 282. The van der Waals surface area contributed by atoms with Crippen LogP contribution in [0.5, 0.6) is 0 Å². The fraction of sp³-hybridized carbons (Fsp3) is 0.200. The molecule has 0 N–H and O–H groups in total. The Morgan fingerprint density at radius 3 is 2.85 bits per heavy atom. The molecule has 3 nitrogen and oxygen atoms in total. The molecule has 0 bridgehead atoms. The highest BCUT2D eigenvalue weighted by Crippen LogP contribution is 1.97. The van der Waals surface area contributed by atoms with E-state index in [0.717, 1.165) is 0 Å². The monoisotopic (exact) mass is 177 g/mol. The molecular formula is C10H11NO2. The molecule has 0 aliphatic heterocycles. The summed E-state index contributed by atoms with van der Waals surface area (Å²) in [5, 5.41) is 8.54. The van der Waals surface area contributed by atoms with Crippen molar-refractivity contribution in [3.8, 4) is 6.07 Å². The number of nitrogens with zero attached hydrogens (tertiary/aromatic N) is 1. The van der Waals surface area contributed by atoms with Gasteiger partial charge >= 0.3 is 5.97 Å². The molecule has 0 heterocycles. The van der Waals surface area contributed by atoms with Crippen LogP contribution in [-0.4, -0.2) is 12.6 Å². The second-order valence-electron chi connectivity index (χ2n) is 2.11. The van der Waals surface area contributed by atoms with Crippen LogP contribution in [0.2, 0.25) is 0 Å². The lowest BCUT2D eigenvalue weighted by Crippen LogP contribution is -2.06. The van der Waals surface area contributed by atoms with E-state index in [-0.39, 0.29) is 12.2 Å². The maximum absolute atomic E-state index is 11.0. The van der Waals surface area contributed by atoms with Gasteiger partial charge in [0, 0.05) is 0 Å². The molecule has 0 amide bonds. The largest absolute Gasteiger partial charge is 0.457 e. The maximum Gasteiger partial charge on any atom is 0.349 e. The minimum atomic E-state index is -0.625. The highest BCUT2D eigenvalue weighted by molar-refractivity contribution is 5.93. The third-order valence-electron chi connectivity index (χ3n) is 1.13. The van der Waals surface area contributed by atoms with E-state index >= 15 is 0 Å². The maximum atomic E-state index is 11.0. The lowest BCUT2D eigenvalue weighted by Gasteiger charge is -1.97. The Balaban J connectivity index is 4.34. The molecule has 0 saturated carbocycles. The fourth-order valence-corrected chi connectivity index (χ4v) is 0.556. The first-order valence-corrected chi connectivity index (χ1v) is 3.77. The van der Waals surface area contributed by atoms with E-state index in [4.69, 9.17) is 5.26 Å². The highest BCUT2D eigenvalue weighted by atomic mass is 16.5. The van der Waals surface area contributed by atoms with Crippen LogP contribution >= 0.6 is 0 Å². The van der Waals surface area contributed by atoms with Crippen LogP contribution in [0.1, 0.15) is 6.92 Å². The van der Waals surface area contributed by atoms with Crippen LogP contribution in [0.3, 0.4) is 0 Å². The van der Waals surface area contributed by atoms with Gasteiger partial charge in [0.2, 0.25) is 0 Å². The van der Waals surface area contributed by atoms with E-state index < -0.39 is 5.97 Å². The molecule has 0 unspecified atom stereocenters. The summed E-state index contributed by atoms with van der Waals surface area (Å²) in [5.41, 5.74) is -0.0139. The van der Waals surface area contributed by atoms with Gasteiger partial charge in [-0.15, -0.1) is 0 Å². The third kappa shape index (κ3) is 4.59. The molecule has 0 rings (SSSR count). The van der Waals surface area contributed by atoms with Crippen molar-refractivity contribution in [1.29, 1.82) is 5.26 Å². The van der Waals surface area contributed by atoms with Gasteiger partial charge < -0.3 is 4.74 Å². The van der Waals surface area contributed by atoms with Crippen molar-refractivity contribution in [1.82, 2.24) is 0 Å².